The molecule has 0 saturated carbocycles. The summed E-state index contributed by atoms with van der Waals surface area (Å²) in [7, 11) is 1.74. The first-order valence-electron chi connectivity index (χ1n) is 5.56. The predicted molar refractivity (Wildman–Crippen MR) is 57.3 cm³/mol. The summed E-state index contributed by atoms with van der Waals surface area (Å²) >= 11 is 0. The van der Waals surface area contributed by atoms with Gasteiger partial charge in [0.2, 0.25) is 0 Å². The number of hydrogen-bond acceptors (Lipinski definition) is 3. The van der Waals surface area contributed by atoms with Crippen molar-refractivity contribution in [2.45, 2.75) is 38.8 Å². The molecule has 3 heteroatoms. The maximum absolute atomic E-state index is 9.75. The maximum atomic E-state index is 9.75. The number of nitrogens with zero attached hydrogens (tertiary/aromatic N) is 1. The molecule has 0 radical (unpaired) electrons. The van der Waals surface area contributed by atoms with Gasteiger partial charge in [-0.2, -0.15) is 0 Å². The van der Waals surface area contributed by atoms with E-state index in [0.29, 0.717) is 12.0 Å². The molecule has 0 aromatic carbocycles. The van der Waals surface area contributed by atoms with Gasteiger partial charge in [0.1, 0.15) is 0 Å². The summed E-state index contributed by atoms with van der Waals surface area (Å²) in [5, 5.41) is 9.75. The van der Waals surface area contributed by atoms with E-state index < -0.39 is 0 Å². The molecule has 3 atom stereocenters. The first-order valence-corrected chi connectivity index (χ1v) is 5.56. The monoisotopic (exact) mass is 201 g/mol. The average molecular weight is 201 g/mol. The molecule has 1 aliphatic heterocycles. The van der Waals surface area contributed by atoms with Gasteiger partial charge in [-0.25, -0.2) is 0 Å². The molecule has 3 unspecified atom stereocenters. The van der Waals surface area contributed by atoms with Crippen LogP contribution in [0.2, 0.25) is 0 Å². The molecule has 84 valence electrons. The van der Waals surface area contributed by atoms with Crippen molar-refractivity contribution >= 4 is 0 Å². The zero-order valence-electron chi connectivity index (χ0n) is 9.57. The van der Waals surface area contributed by atoms with E-state index in [4.69, 9.17) is 4.74 Å². The molecule has 1 heterocycles. The van der Waals surface area contributed by atoms with Gasteiger partial charge < -0.3 is 9.84 Å². The van der Waals surface area contributed by atoms with Crippen molar-refractivity contribution in [3.63, 3.8) is 0 Å². The Hall–Kier alpha value is -0.120. The molecule has 0 aromatic rings. The minimum atomic E-state index is -0.145. The van der Waals surface area contributed by atoms with Crippen LogP contribution in [-0.2, 0) is 4.74 Å². The molecular formula is C11H23NO2. The number of methoxy groups -OCH3 is 1. The molecule has 0 aliphatic carbocycles. The van der Waals surface area contributed by atoms with E-state index in [1.807, 2.05) is 0 Å². The van der Waals surface area contributed by atoms with Crippen LogP contribution in [0.15, 0.2) is 0 Å². The molecule has 1 rings (SSSR count). The molecule has 1 saturated heterocycles. The fourth-order valence-electron chi connectivity index (χ4n) is 1.94. The Labute approximate surface area is 87.1 Å². The predicted octanol–water partition coefficient (Wildman–Crippen LogP) is 1.11. The van der Waals surface area contributed by atoms with E-state index in [1.54, 1.807) is 7.11 Å². The number of hydrogen-bond donors (Lipinski definition) is 1. The number of aliphatic hydroxyl groups excluding tert-OH is 1. The van der Waals surface area contributed by atoms with Crippen LogP contribution in [0.3, 0.4) is 0 Å². The normalized spacial score (nSPS) is 31.7. The third-order valence-corrected chi connectivity index (χ3v) is 3.31. The summed E-state index contributed by atoms with van der Waals surface area (Å²) in [6.07, 6.45) is 2.02. The molecule has 1 N–H and O–H groups in total. The van der Waals surface area contributed by atoms with Crippen LogP contribution in [0.1, 0.15) is 26.7 Å². The van der Waals surface area contributed by atoms with Crippen LogP contribution >= 0.6 is 0 Å². The molecular weight excluding hydrogens is 178 g/mol. The number of aliphatic hydroxyl groups is 1. The lowest BCUT2D eigenvalue weighted by Crippen LogP contribution is -2.47. The first-order chi connectivity index (χ1) is 6.65. The number of ether oxygens (including phenoxy) is 1. The highest BCUT2D eigenvalue weighted by Crippen LogP contribution is 2.19. The number of likely N-dealkylation sites (tertiary alicyclic amines) is 1. The molecule has 0 bridgehead atoms. The summed E-state index contributed by atoms with van der Waals surface area (Å²) in [4.78, 5) is 2.36. The van der Waals surface area contributed by atoms with Crippen molar-refractivity contribution in [3.05, 3.63) is 0 Å². The van der Waals surface area contributed by atoms with Crippen molar-refractivity contribution in [3.8, 4) is 0 Å². The number of rotatable bonds is 4. The molecule has 3 nitrogen and oxygen atoms in total. The average Bonchev–Trinajstić information content (AvgIpc) is 2.18. The van der Waals surface area contributed by atoms with Gasteiger partial charge >= 0.3 is 0 Å². The fraction of sp³-hybridized carbons (Fsp3) is 1.00. The molecule has 1 fully saturated rings. The molecule has 0 spiro atoms. The summed E-state index contributed by atoms with van der Waals surface area (Å²) in [5.74, 6) is 0.459. The molecule has 0 aromatic heterocycles. The summed E-state index contributed by atoms with van der Waals surface area (Å²) in [6, 6.07) is 0.525. The van der Waals surface area contributed by atoms with Gasteiger partial charge in [0.05, 0.1) is 6.10 Å². The van der Waals surface area contributed by atoms with Crippen molar-refractivity contribution < 1.29 is 9.84 Å². The summed E-state index contributed by atoms with van der Waals surface area (Å²) < 4.78 is 5.06. The van der Waals surface area contributed by atoms with Gasteiger partial charge in [-0.05, 0) is 32.2 Å². The Morgan fingerprint density at radius 3 is 2.86 bits per heavy atom. The highest BCUT2D eigenvalue weighted by atomic mass is 16.5. The lowest BCUT2D eigenvalue weighted by atomic mass is 9.95. The first kappa shape index (κ1) is 12.0. The van der Waals surface area contributed by atoms with Crippen LogP contribution in [0.5, 0.6) is 0 Å². The second-order valence-corrected chi connectivity index (χ2v) is 4.46. The van der Waals surface area contributed by atoms with Crippen molar-refractivity contribution in [2.24, 2.45) is 5.92 Å². The van der Waals surface area contributed by atoms with Crippen molar-refractivity contribution in [1.29, 1.82) is 0 Å². The Morgan fingerprint density at radius 2 is 2.29 bits per heavy atom. The smallest absolute Gasteiger partial charge is 0.0693 e. The van der Waals surface area contributed by atoms with Crippen molar-refractivity contribution in [1.82, 2.24) is 4.90 Å². The second-order valence-electron chi connectivity index (χ2n) is 4.46. The van der Waals surface area contributed by atoms with E-state index in [0.717, 1.165) is 32.5 Å². The minimum absolute atomic E-state index is 0.145. The Morgan fingerprint density at radius 1 is 1.57 bits per heavy atom. The van der Waals surface area contributed by atoms with Gasteiger partial charge in [-0.1, -0.05) is 6.92 Å². The Kier molecular flexibility index (Phi) is 4.85. The minimum Gasteiger partial charge on any atom is -0.392 e. The fourth-order valence-corrected chi connectivity index (χ4v) is 1.94. The van der Waals surface area contributed by atoms with E-state index in [1.165, 1.54) is 0 Å². The SMILES string of the molecule is COCCC(C)N1CCC(C)C(O)C1. The highest BCUT2D eigenvalue weighted by molar-refractivity contribution is 4.80. The topological polar surface area (TPSA) is 32.7 Å². The van der Waals surface area contributed by atoms with Crippen LogP contribution in [0, 0.1) is 5.92 Å². The van der Waals surface area contributed by atoms with Gasteiger partial charge in [0, 0.05) is 26.3 Å². The van der Waals surface area contributed by atoms with Crippen LogP contribution < -0.4 is 0 Å². The van der Waals surface area contributed by atoms with Crippen molar-refractivity contribution in [2.75, 3.05) is 26.8 Å². The highest BCUT2D eigenvalue weighted by Gasteiger charge is 2.26. The van der Waals surface area contributed by atoms with E-state index >= 15 is 0 Å². The van der Waals surface area contributed by atoms with E-state index in [2.05, 4.69) is 18.7 Å². The largest absolute Gasteiger partial charge is 0.392 e. The summed E-state index contributed by atoms with van der Waals surface area (Å²) in [5.41, 5.74) is 0. The van der Waals surface area contributed by atoms with Gasteiger partial charge in [-0.15, -0.1) is 0 Å². The van der Waals surface area contributed by atoms with E-state index in [9.17, 15) is 5.11 Å². The number of β-amino-alcohol motifs (C(OH)–C–C–N with tert-alkyl or cyclic N) is 1. The van der Waals surface area contributed by atoms with Crippen LogP contribution in [0.25, 0.3) is 0 Å². The summed E-state index contributed by atoms with van der Waals surface area (Å²) in [6.45, 7) is 7.09. The molecule has 0 amide bonds. The zero-order chi connectivity index (χ0) is 10.6. The standard InChI is InChI=1S/C11H23NO2/c1-9-4-6-12(8-11(9)13)10(2)5-7-14-3/h9-11,13H,4-8H2,1-3H3. The lowest BCUT2D eigenvalue weighted by molar-refractivity contribution is 0.00745. The van der Waals surface area contributed by atoms with Crippen LogP contribution in [0.4, 0.5) is 0 Å². The maximum Gasteiger partial charge on any atom is 0.0693 e. The second kappa shape index (κ2) is 5.69. The molecule has 14 heavy (non-hydrogen) atoms. The lowest BCUT2D eigenvalue weighted by Gasteiger charge is -2.38. The third kappa shape index (κ3) is 3.23. The van der Waals surface area contributed by atoms with Crippen LogP contribution in [-0.4, -0.2) is 49.0 Å². The Bertz CT molecular complexity index is 163. The number of piperidine rings is 1. The molecule has 1 aliphatic rings. The van der Waals surface area contributed by atoms with Gasteiger partial charge in [-0.3, -0.25) is 4.90 Å². The van der Waals surface area contributed by atoms with E-state index in [-0.39, 0.29) is 6.10 Å². The zero-order valence-corrected chi connectivity index (χ0v) is 9.57. The van der Waals surface area contributed by atoms with Gasteiger partial charge in [0.15, 0.2) is 0 Å². The Balaban J connectivity index is 2.30. The van der Waals surface area contributed by atoms with Gasteiger partial charge in [0.25, 0.3) is 0 Å². The third-order valence-electron chi connectivity index (χ3n) is 3.31. The quantitative estimate of drug-likeness (QED) is 0.739.